The molecule has 1 saturated heterocycles. The highest BCUT2D eigenvalue weighted by Gasteiger charge is 2.23. The largest absolute Gasteiger partial charge is 0.459 e. The van der Waals surface area contributed by atoms with Gasteiger partial charge in [0.05, 0.1) is 12.6 Å². The number of fused-ring (bicyclic) bond motifs is 1. The Morgan fingerprint density at radius 2 is 2.11 bits per heavy atom. The van der Waals surface area contributed by atoms with Gasteiger partial charge in [-0.1, -0.05) is 18.2 Å². The number of para-hydroxylation sites is 1. The SMILES string of the molecule is NCC(c1cc2ccccc2o1)N1CCCOCC1. The van der Waals surface area contributed by atoms with Gasteiger partial charge in [0.2, 0.25) is 0 Å². The molecular weight excluding hydrogens is 240 g/mol. The highest BCUT2D eigenvalue weighted by molar-refractivity contribution is 5.77. The lowest BCUT2D eigenvalue weighted by Gasteiger charge is -2.27. The molecular formula is C15H20N2O2. The van der Waals surface area contributed by atoms with Crippen molar-refractivity contribution in [1.82, 2.24) is 4.90 Å². The molecule has 1 aromatic heterocycles. The van der Waals surface area contributed by atoms with E-state index in [0.717, 1.165) is 49.5 Å². The average molecular weight is 260 g/mol. The molecule has 19 heavy (non-hydrogen) atoms. The van der Waals surface area contributed by atoms with Gasteiger partial charge >= 0.3 is 0 Å². The molecule has 102 valence electrons. The lowest BCUT2D eigenvalue weighted by atomic mass is 10.1. The minimum Gasteiger partial charge on any atom is -0.459 e. The molecule has 1 atom stereocenters. The van der Waals surface area contributed by atoms with Crippen LogP contribution in [0.2, 0.25) is 0 Å². The second-order valence-electron chi connectivity index (χ2n) is 4.94. The summed E-state index contributed by atoms with van der Waals surface area (Å²) >= 11 is 0. The Labute approximate surface area is 113 Å². The first-order valence-corrected chi connectivity index (χ1v) is 6.89. The summed E-state index contributed by atoms with van der Waals surface area (Å²) in [6, 6.07) is 10.3. The quantitative estimate of drug-likeness (QED) is 0.918. The van der Waals surface area contributed by atoms with E-state index in [4.69, 9.17) is 14.9 Å². The average Bonchev–Trinajstić information content (AvgIpc) is 2.67. The zero-order chi connectivity index (χ0) is 13.1. The summed E-state index contributed by atoms with van der Waals surface area (Å²) in [7, 11) is 0. The van der Waals surface area contributed by atoms with Gasteiger partial charge in [-0.25, -0.2) is 0 Å². The van der Waals surface area contributed by atoms with Crippen LogP contribution in [0, 0.1) is 0 Å². The number of hydrogen-bond acceptors (Lipinski definition) is 4. The van der Waals surface area contributed by atoms with Crippen LogP contribution in [0.15, 0.2) is 34.7 Å². The Hall–Kier alpha value is -1.36. The lowest BCUT2D eigenvalue weighted by molar-refractivity contribution is 0.128. The molecule has 1 unspecified atom stereocenters. The van der Waals surface area contributed by atoms with Gasteiger partial charge in [-0.2, -0.15) is 0 Å². The predicted octanol–water partition coefficient (Wildman–Crippen LogP) is 2.15. The van der Waals surface area contributed by atoms with E-state index in [9.17, 15) is 0 Å². The predicted molar refractivity (Wildman–Crippen MR) is 75.0 cm³/mol. The minimum atomic E-state index is 0.147. The molecule has 0 spiro atoms. The Morgan fingerprint density at radius 3 is 2.95 bits per heavy atom. The number of furan rings is 1. The van der Waals surface area contributed by atoms with E-state index >= 15 is 0 Å². The molecule has 1 fully saturated rings. The zero-order valence-corrected chi connectivity index (χ0v) is 11.0. The van der Waals surface area contributed by atoms with Crippen LogP contribution in [0.25, 0.3) is 11.0 Å². The van der Waals surface area contributed by atoms with Gasteiger partial charge in [0.1, 0.15) is 11.3 Å². The molecule has 2 N–H and O–H groups in total. The number of rotatable bonds is 3. The maximum Gasteiger partial charge on any atom is 0.134 e. The smallest absolute Gasteiger partial charge is 0.134 e. The molecule has 4 nitrogen and oxygen atoms in total. The number of benzene rings is 1. The van der Waals surface area contributed by atoms with E-state index < -0.39 is 0 Å². The van der Waals surface area contributed by atoms with Crippen LogP contribution in [0.3, 0.4) is 0 Å². The third-order valence-corrected chi connectivity index (χ3v) is 3.69. The van der Waals surface area contributed by atoms with E-state index in [1.807, 2.05) is 18.2 Å². The molecule has 0 aliphatic carbocycles. The summed E-state index contributed by atoms with van der Waals surface area (Å²) in [5, 5.41) is 1.14. The Morgan fingerprint density at radius 1 is 1.21 bits per heavy atom. The first-order chi connectivity index (χ1) is 9.38. The van der Waals surface area contributed by atoms with Crippen LogP contribution < -0.4 is 5.73 Å². The van der Waals surface area contributed by atoms with Gasteiger partial charge in [0.25, 0.3) is 0 Å². The summed E-state index contributed by atoms with van der Waals surface area (Å²) in [5.74, 6) is 0.964. The fourth-order valence-electron chi connectivity index (χ4n) is 2.69. The number of nitrogens with two attached hydrogens (primary N) is 1. The second-order valence-corrected chi connectivity index (χ2v) is 4.94. The Bertz CT molecular complexity index is 497. The van der Waals surface area contributed by atoms with Crippen molar-refractivity contribution in [3.05, 3.63) is 36.1 Å². The molecule has 1 aromatic carbocycles. The van der Waals surface area contributed by atoms with Crippen molar-refractivity contribution < 1.29 is 9.15 Å². The van der Waals surface area contributed by atoms with Crippen molar-refractivity contribution in [2.24, 2.45) is 5.73 Å². The van der Waals surface area contributed by atoms with Crippen molar-refractivity contribution in [3.8, 4) is 0 Å². The Balaban J connectivity index is 1.87. The molecule has 3 rings (SSSR count). The standard InChI is InChI=1S/C15H20N2O2/c16-11-13(17-6-3-8-18-9-7-17)15-10-12-4-1-2-5-14(12)19-15/h1-2,4-5,10,13H,3,6-9,11,16H2. The van der Waals surface area contributed by atoms with Gasteiger partial charge in [-0.3, -0.25) is 4.90 Å². The molecule has 0 radical (unpaired) electrons. The van der Waals surface area contributed by atoms with E-state index in [2.05, 4.69) is 17.0 Å². The molecule has 0 amide bonds. The Kier molecular flexibility index (Phi) is 3.82. The monoisotopic (exact) mass is 260 g/mol. The summed E-state index contributed by atoms with van der Waals surface area (Å²) < 4.78 is 11.5. The van der Waals surface area contributed by atoms with Crippen molar-refractivity contribution in [2.45, 2.75) is 12.5 Å². The van der Waals surface area contributed by atoms with Gasteiger partial charge in [0, 0.05) is 31.6 Å². The van der Waals surface area contributed by atoms with Crippen molar-refractivity contribution in [3.63, 3.8) is 0 Å². The van der Waals surface area contributed by atoms with E-state index in [0.29, 0.717) is 6.54 Å². The van der Waals surface area contributed by atoms with Crippen LogP contribution in [0.1, 0.15) is 18.2 Å². The van der Waals surface area contributed by atoms with E-state index in [-0.39, 0.29) is 6.04 Å². The normalized spacial score (nSPS) is 19.4. The van der Waals surface area contributed by atoms with Gasteiger partial charge in [-0.05, 0) is 18.6 Å². The maximum absolute atomic E-state index is 5.97. The van der Waals surface area contributed by atoms with Crippen LogP contribution in [-0.2, 0) is 4.74 Å². The van der Waals surface area contributed by atoms with Gasteiger partial charge < -0.3 is 14.9 Å². The van der Waals surface area contributed by atoms with Crippen LogP contribution in [-0.4, -0.2) is 37.7 Å². The summed E-state index contributed by atoms with van der Waals surface area (Å²) in [4.78, 5) is 2.37. The fourth-order valence-corrected chi connectivity index (χ4v) is 2.69. The van der Waals surface area contributed by atoms with Gasteiger partial charge in [0.15, 0.2) is 0 Å². The third kappa shape index (κ3) is 2.66. The highest BCUT2D eigenvalue weighted by atomic mass is 16.5. The fraction of sp³-hybridized carbons (Fsp3) is 0.467. The molecule has 1 aliphatic rings. The zero-order valence-electron chi connectivity index (χ0n) is 11.0. The molecule has 4 heteroatoms. The second kappa shape index (κ2) is 5.74. The molecule has 0 saturated carbocycles. The van der Waals surface area contributed by atoms with Crippen LogP contribution in [0.5, 0.6) is 0 Å². The summed E-state index contributed by atoms with van der Waals surface area (Å²) in [6.07, 6.45) is 1.05. The van der Waals surface area contributed by atoms with E-state index in [1.54, 1.807) is 0 Å². The number of ether oxygens (including phenoxy) is 1. The first kappa shape index (κ1) is 12.7. The van der Waals surface area contributed by atoms with Crippen LogP contribution >= 0.6 is 0 Å². The van der Waals surface area contributed by atoms with Crippen molar-refractivity contribution in [1.29, 1.82) is 0 Å². The molecule has 2 aromatic rings. The van der Waals surface area contributed by atoms with Crippen LogP contribution in [0.4, 0.5) is 0 Å². The molecule has 0 bridgehead atoms. The van der Waals surface area contributed by atoms with Crippen molar-refractivity contribution >= 4 is 11.0 Å². The topological polar surface area (TPSA) is 51.6 Å². The summed E-state index contributed by atoms with van der Waals surface area (Å²) in [5.41, 5.74) is 6.90. The maximum atomic E-state index is 5.97. The first-order valence-electron chi connectivity index (χ1n) is 6.89. The highest BCUT2D eigenvalue weighted by Crippen LogP contribution is 2.27. The van der Waals surface area contributed by atoms with Crippen molar-refractivity contribution in [2.75, 3.05) is 32.8 Å². The summed E-state index contributed by atoms with van der Waals surface area (Å²) in [6.45, 7) is 4.11. The molecule has 2 heterocycles. The molecule has 1 aliphatic heterocycles. The third-order valence-electron chi connectivity index (χ3n) is 3.69. The van der Waals surface area contributed by atoms with E-state index in [1.165, 1.54) is 0 Å². The minimum absolute atomic E-state index is 0.147. The number of hydrogen-bond donors (Lipinski definition) is 1. The lowest BCUT2D eigenvalue weighted by Crippen LogP contribution is -2.35. The van der Waals surface area contributed by atoms with Gasteiger partial charge in [-0.15, -0.1) is 0 Å². The number of nitrogens with zero attached hydrogens (tertiary/aromatic N) is 1.